The van der Waals surface area contributed by atoms with Gasteiger partial charge in [0.1, 0.15) is 11.9 Å². The van der Waals surface area contributed by atoms with E-state index in [0.29, 0.717) is 19.1 Å². The van der Waals surface area contributed by atoms with Crippen molar-refractivity contribution in [1.82, 2.24) is 9.55 Å². The molecule has 0 bridgehead atoms. The summed E-state index contributed by atoms with van der Waals surface area (Å²) in [4.78, 5) is 32.2. The first-order chi connectivity index (χ1) is 14.6. The number of nitrogens with one attached hydrogen (secondary N) is 1. The van der Waals surface area contributed by atoms with Crippen molar-refractivity contribution in [3.63, 3.8) is 0 Å². The van der Waals surface area contributed by atoms with Crippen molar-refractivity contribution in [2.45, 2.75) is 31.4 Å². The minimum Gasteiger partial charge on any atom is -0.376 e. The zero-order valence-electron chi connectivity index (χ0n) is 16.3. The largest absolute Gasteiger partial charge is 0.376 e. The molecule has 2 unspecified atom stereocenters. The minimum absolute atomic E-state index is 0.0341. The van der Waals surface area contributed by atoms with E-state index >= 15 is 0 Å². The maximum absolute atomic E-state index is 13.9. The van der Waals surface area contributed by atoms with Gasteiger partial charge in [-0.2, -0.15) is 0 Å². The van der Waals surface area contributed by atoms with Gasteiger partial charge in [0, 0.05) is 6.61 Å². The van der Waals surface area contributed by atoms with E-state index in [4.69, 9.17) is 4.74 Å². The van der Waals surface area contributed by atoms with Crippen LogP contribution in [0.1, 0.15) is 25.3 Å². The standard InChI is InChI=1S/C22H21FN4O3/c23-15-7-1-2-8-16(15)24-20(28)12-19-21(29)26(13-14-6-5-11-30-14)22-25-17-9-3-4-10-18(17)27(19)22/h1-4,7-10,14,19H,5-6,11-13H2,(H,24,28). The molecule has 154 valence electrons. The number of amides is 2. The molecule has 8 heteroatoms. The number of para-hydroxylation sites is 3. The maximum Gasteiger partial charge on any atom is 0.253 e. The molecule has 7 nitrogen and oxygen atoms in total. The molecule has 1 saturated heterocycles. The zero-order chi connectivity index (χ0) is 20.7. The highest BCUT2D eigenvalue weighted by Gasteiger charge is 2.42. The van der Waals surface area contributed by atoms with E-state index in [1.165, 1.54) is 12.1 Å². The number of benzene rings is 2. The van der Waals surface area contributed by atoms with Crippen molar-refractivity contribution >= 4 is 34.5 Å². The molecule has 5 rings (SSSR count). The number of ether oxygens (including phenoxy) is 1. The predicted octanol–water partition coefficient (Wildman–Crippen LogP) is 3.27. The molecule has 3 aromatic rings. The Balaban J connectivity index is 1.45. The molecule has 0 saturated carbocycles. The van der Waals surface area contributed by atoms with Gasteiger partial charge in [-0.3, -0.25) is 19.1 Å². The molecule has 2 aliphatic heterocycles. The summed E-state index contributed by atoms with van der Waals surface area (Å²) in [7, 11) is 0. The Kier molecular flexibility index (Phi) is 4.71. The number of nitrogens with zero attached hydrogens (tertiary/aromatic N) is 3. The van der Waals surface area contributed by atoms with Crippen molar-refractivity contribution in [3.8, 4) is 0 Å². The Morgan fingerprint density at radius 2 is 2.00 bits per heavy atom. The lowest BCUT2D eigenvalue weighted by Gasteiger charge is -2.19. The van der Waals surface area contributed by atoms with Gasteiger partial charge in [0.25, 0.3) is 5.91 Å². The van der Waals surface area contributed by atoms with Gasteiger partial charge in [-0.05, 0) is 37.1 Å². The number of aromatic nitrogens is 2. The number of anilines is 2. The minimum atomic E-state index is -0.736. The van der Waals surface area contributed by atoms with Gasteiger partial charge < -0.3 is 10.1 Å². The third-order valence-corrected chi connectivity index (χ3v) is 5.62. The number of hydrogen-bond donors (Lipinski definition) is 1. The van der Waals surface area contributed by atoms with E-state index in [-0.39, 0.29) is 24.1 Å². The molecule has 0 spiro atoms. The fourth-order valence-electron chi connectivity index (χ4n) is 4.20. The number of hydrogen-bond acceptors (Lipinski definition) is 4. The van der Waals surface area contributed by atoms with E-state index in [2.05, 4.69) is 10.3 Å². The van der Waals surface area contributed by atoms with Crippen LogP contribution in [0.25, 0.3) is 11.0 Å². The van der Waals surface area contributed by atoms with Gasteiger partial charge >= 0.3 is 0 Å². The summed E-state index contributed by atoms with van der Waals surface area (Å²) in [6, 6.07) is 12.8. The van der Waals surface area contributed by atoms with Crippen molar-refractivity contribution in [3.05, 3.63) is 54.3 Å². The lowest BCUT2D eigenvalue weighted by Crippen LogP contribution is -2.37. The summed E-state index contributed by atoms with van der Waals surface area (Å²) in [5.41, 5.74) is 1.65. The van der Waals surface area contributed by atoms with Gasteiger partial charge in [0.05, 0.1) is 35.8 Å². The van der Waals surface area contributed by atoms with E-state index in [1.54, 1.807) is 17.0 Å². The first kappa shape index (κ1) is 18.7. The molecule has 2 atom stereocenters. The molecular formula is C22H21FN4O3. The summed E-state index contributed by atoms with van der Waals surface area (Å²) in [5.74, 6) is -0.610. The first-order valence-electron chi connectivity index (χ1n) is 10.1. The lowest BCUT2D eigenvalue weighted by atomic mass is 10.1. The highest BCUT2D eigenvalue weighted by Crippen LogP contribution is 2.37. The molecule has 2 aromatic carbocycles. The van der Waals surface area contributed by atoms with Crippen molar-refractivity contribution in [2.75, 3.05) is 23.4 Å². The van der Waals surface area contributed by atoms with E-state index in [1.807, 2.05) is 28.8 Å². The summed E-state index contributed by atoms with van der Waals surface area (Å²) >= 11 is 0. The molecule has 30 heavy (non-hydrogen) atoms. The Labute approximate surface area is 172 Å². The van der Waals surface area contributed by atoms with Crippen LogP contribution in [0, 0.1) is 5.82 Å². The van der Waals surface area contributed by atoms with Crippen LogP contribution in [-0.4, -0.2) is 40.6 Å². The van der Waals surface area contributed by atoms with Gasteiger partial charge in [-0.1, -0.05) is 24.3 Å². The van der Waals surface area contributed by atoms with E-state index < -0.39 is 17.8 Å². The Morgan fingerprint density at radius 3 is 2.80 bits per heavy atom. The Hall–Kier alpha value is -3.26. The fourth-order valence-corrected chi connectivity index (χ4v) is 4.20. The lowest BCUT2D eigenvalue weighted by molar-refractivity contribution is -0.124. The van der Waals surface area contributed by atoms with Crippen LogP contribution in [0.5, 0.6) is 0 Å². The van der Waals surface area contributed by atoms with Gasteiger partial charge in [-0.25, -0.2) is 9.37 Å². The predicted molar refractivity (Wildman–Crippen MR) is 110 cm³/mol. The molecule has 2 aliphatic rings. The highest BCUT2D eigenvalue weighted by molar-refractivity contribution is 6.05. The van der Waals surface area contributed by atoms with Crippen molar-refractivity contribution in [2.24, 2.45) is 0 Å². The highest BCUT2D eigenvalue weighted by atomic mass is 19.1. The SMILES string of the molecule is O=C(CC1C(=O)N(CC2CCCO2)c2nc3ccccc3n21)Nc1ccccc1F. The number of carbonyl (C=O) groups excluding carboxylic acids is 2. The molecule has 1 aromatic heterocycles. The second kappa shape index (κ2) is 7.53. The maximum atomic E-state index is 13.9. The summed E-state index contributed by atoms with van der Waals surface area (Å²) < 4.78 is 21.4. The molecule has 3 heterocycles. The van der Waals surface area contributed by atoms with Crippen LogP contribution < -0.4 is 10.2 Å². The van der Waals surface area contributed by atoms with Crippen LogP contribution in [-0.2, 0) is 14.3 Å². The summed E-state index contributed by atoms with van der Waals surface area (Å²) in [6.45, 7) is 1.10. The number of rotatable bonds is 5. The van der Waals surface area contributed by atoms with Crippen LogP contribution in [0.15, 0.2) is 48.5 Å². The van der Waals surface area contributed by atoms with Crippen LogP contribution in [0.2, 0.25) is 0 Å². The number of halogens is 1. The van der Waals surface area contributed by atoms with Crippen molar-refractivity contribution in [1.29, 1.82) is 0 Å². The topological polar surface area (TPSA) is 76.5 Å². The number of carbonyl (C=O) groups is 2. The third-order valence-electron chi connectivity index (χ3n) is 5.62. The molecular weight excluding hydrogens is 387 g/mol. The second-order valence-corrected chi connectivity index (χ2v) is 7.60. The monoisotopic (exact) mass is 408 g/mol. The quantitative estimate of drug-likeness (QED) is 0.703. The normalized spacial score (nSPS) is 20.7. The second-order valence-electron chi connectivity index (χ2n) is 7.60. The third kappa shape index (κ3) is 3.23. The Morgan fingerprint density at radius 1 is 1.20 bits per heavy atom. The summed E-state index contributed by atoms with van der Waals surface area (Å²) in [5, 5.41) is 2.57. The van der Waals surface area contributed by atoms with Gasteiger partial charge in [0.15, 0.2) is 0 Å². The average Bonchev–Trinajstić information content (AvgIpc) is 3.44. The van der Waals surface area contributed by atoms with Gasteiger partial charge in [0.2, 0.25) is 11.9 Å². The fraction of sp³-hybridized carbons (Fsp3) is 0.318. The van der Waals surface area contributed by atoms with Crippen molar-refractivity contribution < 1.29 is 18.7 Å². The van der Waals surface area contributed by atoms with Crippen LogP contribution in [0.4, 0.5) is 16.0 Å². The summed E-state index contributed by atoms with van der Waals surface area (Å²) in [6.07, 6.45) is 1.72. The number of fused-ring (bicyclic) bond motifs is 3. The Bertz CT molecular complexity index is 1120. The zero-order valence-corrected chi connectivity index (χ0v) is 16.3. The average molecular weight is 408 g/mol. The molecule has 1 fully saturated rings. The van der Waals surface area contributed by atoms with E-state index in [9.17, 15) is 14.0 Å². The smallest absolute Gasteiger partial charge is 0.253 e. The molecule has 0 aliphatic carbocycles. The van der Waals surface area contributed by atoms with Crippen LogP contribution >= 0.6 is 0 Å². The van der Waals surface area contributed by atoms with E-state index in [0.717, 1.165) is 23.9 Å². The van der Waals surface area contributed by atoms with Gasteiger partial charge in [-0.15, -0.1) is 0 Å². The first-order valence-corrected chi connectivity index (χ1v) is 10.1. The molecule has 2 amide bonds. The molecule has 0 radical (unpaired) electrons. The van der Waals surface area contributed by atoms with Crippen LogP contribution in [0.3, 0.4) is 0 Å². The molecule has 1 N–H and O–H groups in total. The number of imidazole rings is 1.